The standard InChI is InChI=1S/C18H22F3NO4/c1-17(2,3)26-16(23)22-9-18(10-25-18)6-12(22)8-24-7-11-4-14(20)15(21)5-13(11)19/h4-5,12H,6-10H2,1-3H3/t12-,18-/m0/s1. The summed E-state index contributed by atoms with van der Waals surface area (Å²) >= 11 is 0. The van der Waals surface area contributed by atoms with Crippen LogP contribution in [0.5, 0.6) is 0 Å². The SMILES string of the molecule is CC(C)(C)OC(=O)N1C[C@]2(CO2)C[C@H]1COCc1cc(F)c(F)cc1F. The molecule has 3 rings (SSSR count). The second-order valence-electron chi connectivity index (χ2n) is 7.81. The summed E-state index contributed by atoms with van der Waals surface area (Å²) in [7, 11) is 0. The van der Waals surface area contributed by atoms with Gasteiger partial charge in [-0.1, -0.05) is 0 Å². The maximum Gasteiger partial charge on any atom is 0.410 e. The molecular weight excluding hydrogens is 351 g/mol. The molecule has 2 aliphatic rings. The Morgan fingerprint density at radius 2 is 1.92 bits per heavy atom. The van der Waals surface area contributed by atoms with Crippen molar-refractivity contribution in [2.24, 2.45) is 0 Å². The molecule has 0 unspecified atom stereocenters. The smallest absolute Gasteiger partial charge is 0.410 e. The number of hydrogen-bond acceptors (Lipinski definition) is 4. The Morgan fingerprint density at radius 1 is 1.27 bits per heavy atom. The molecule has 144 valence electrons. The van der Waals surface area contributed by atoms with Crippen LogP contribution in [0.2, 0.25) is 0 Å². The molecule has 0 bridgehead atoms. The monoisotopic (exact) mass is 373 g/mol. The van der Waals surface area contributed by atoms with Gasteiger partial charge in [0, 0.05) is 18.1 Å². The van der Waals surface area contributed by atoms with Crippen LogP contribution in [-0.4, -0.2) is 48.0 Å². The van der Waals surface area contributed by atoms with Crippen LogP contribution in [0.25, 0.3) is 0 Å². The molecule has 2 saturated heterocycles. The second kappa shape index (κ2) is 6.74. The van der Waals surface area contributed by atoms with Crippen molar-refractivity contribution in [3.63, 3.8) is 0 Å². The van der Waals surface area contributed by atoms with Crippen molar-refractivity contribution < 1.29 is 32.2 Å². The number of rotatable bonds is 4. The van der Waals surface area contributed by atoms with E-state index in [1.165, 1.54) is 0 Å². The lowest BCUT2D eigenvalue weighted by Gasteiger charge is -2.28. The molecule has 8 heteroatoms. The summed E-state index contributed by atoms with van der Waals surface area (Å²) in [6.07, 6.45) is 0.129. The van der Waals surface area contributed by atoms with Crippen LogP contribution in [0.1, 0.15) is 32.8 Å². The highest BCUT2D eigenvalue weighted by molar-refractivity contribution is 5.69. The molecule has 0 aromatic heterocycles. The third kappa shape index (κ3) is 4.29. The highest BCUT2D eigenvalue weighted by Crippen LogP contribution is 2.41. The molecule has 5 nitrogen and oxygen atoms in total. The highest BCUT2D eigenvalue weighted by Gasteiger charge is 2.56. The molecule has 2 heterocycles. The topological polar surface area (TPSA) is 51.3 Å². The van der Waals surface area contributed by atoms with Gasteiger partial charge in [-0.05, 0) is 26.8 Å². The maximum atomic E-state index is 13.7. The average molecular weight is 373 g/mol. The minimum absolute atomic E-state index is 0.0805. The van der Waals surface area contributed by atoms with Crippen LogP contribution in [0, 0.1) is 17.5 Å². The van der Waals surface area contributed by atoms with Crippen molar-refractivity contribution in [3.05, 3.63) is 35.1 Å². The third-order valence-corrected chi connectivity index (χ3v) is 4.34. The molecule has 1 amide bonds. The molecule has 26 heavy (non-hydrogen) atoms. The molecule has 1 spiro atoms. The number of hydrogen-bond donors (Lipinski definition) is 0. The number of ether oxygens (including phenoxy) is 3. The molecular formula is C18H22F3NO4. The number of epoxide rings is 1. The number of amides is 1. The summed E-state index contributed by atoms with van der Waals surface area (Å²) in [6.45, 7) is 6.21. The van der Waals surface area contributed by atoms with Crippen LogP contribution in [0.4, 0.5) is 18.0 Å². The Bertz CT molecular complexity index is 700. The summed E-state index contributed by atoms with van der Waals surface area (Å²) in [5.41, 5.74) is -1.06. The van der Waals surface area contributed by atoms with Gasteiger partial charge in [0.25, 0.3) is 0 Å². The average Bonchev–Trinajstić information content (AvgIpc) is 3.15. The van der Waals surface area contributed by atoms with Gasteiger partial charge in [-0.2, -0.15) is 0 Å². The van der Waals surface area contributed by atoms with Gasteiger partial charge in [-0.25, -0.2) is 18.0 Å². The van der Waals surface area contributed by atoms with Gasteiger partial charge in [-0.15, -0.1) is 0 Å². The number of carbonyl (C=O) groups excluding carboxylic acids is 1. The van der Waals surface area contributed by atoms with Crippen molar-refractivity contribution in [2.45, 2.75) is 51.0 Å². The molecule has 0 radical (unpaired) electrons. The van der Waals surface area contributed by atoms with E-state index < -0.39 is 29.1 Å². The first-order valence-corrected chi connectivity index (χ1v) is 8.43. The zero-order valence-electron chi connectivity index (χ0n) is 15.0. The van der Waals surface area contributed by atoms with Crippen LogP contribution in [0.15, 0.2) is 12.1 Å². The van der Waals surface area contributed by atoms with E-state index in [-0.39, 0.29) is 30.4 Å². The Labute approximate surface area is 150 Å². The Kier molecular flexibility index (Phi) is 4.92. The molecule has 2 fully saturated rings. The van der Waals surface area contributed by atoms with Crippen molar-refractivity contribution in [2.75, 3.05) is 19.8 Å². The summed E-state index contributed by atoms with van der Waals surface area (Å²) < 4.78 is 56.2. The van der Waals surface area contributed by atoms with Gasteiger partial charge in [0.15, 0.2) is 11.6 Å². The van der Waals surface area contributed by atoms with E-state index in [1.807, 2.05) is 0 Å². The molecule has 0 saturated carbocycles. The lowest BCUT2D eigenvalue weighted by Crippen LogP contribution is -2.42. The van der Waals surface area contributed by atoms with E-state index in [0.717, 1.165) is 6.07 Å². The fraction of sp³-hybridized carbons (Fsp3) is 0.611. The van der Waals surface area contributed by atoms with Gasteiger partial charge < -0.3 is 14.2 Å². The predicted molar refractivity (Wildman–Crippen MR) is 86.0 cm³/mol. The maximum absolute atomic E-state index is 13.7. The summed E-state index contributed by atoms with van der Waals surface area (Å²) in [6, 6.07) is 0.973. The summed E-state index contributed by atoms with van der Waals surface area (Å²) in [5.74, 6) is -3.25. The molecule has 1 aromatic carbocycles. The van der Waals surface area contributed by atoms with Gasteiger partial charge in [0.05, 0.1) is 32.4 Å². The number of nitrogens with zero attached hydrogens (tertiary/aromatic N) is 1. The zero-order valence-corrected chi connectivity index (χ0v) is 15.0. The number of halogens is 3. The molecule has 2 aliphatic heterocycles. The molecule has 0 N–H and O–H groups in total. The summed E-state index contributed by atoms with van der Waals surface area (Å²) in [4.78, 5) is 14.0. The third-order valence-electron chi connectivity index (χ3n) is 4.34. The fourth-order valence-electron chi connectivity index (χ4n) is 3.02. The number of likely N-dealkylation sites (tertiary alicyclic amines) is 1. The van der Waals surface area contributed by atoms with Crippen LogP contribution >= 0.6 is 0 Å². The van der Waals surface area contributed by atoms with Gasteiger partial charge in [0.2, 0.25) is 0 Å². The summed E-state index contributed by atoms with van der Waals surface area (Å²) in [5, 5.41) is 0. The quantitative estimate of drug-likeness (QED) is 0.600. The van der Waals surface area contributed by atoms with E-state index in [4.69, 9.17) is 14.2 Å². The number of benzene rings is 1. The molecule has 1 aromatic rings. The Morgan fingerprint density at radius 3 is 2.54 bits per heavy atom. The molecule has 0 aliphatic carbocycles. The normalized spacial score (nSPS) is 25.0. The van der Waals surface area contributed by atoms with Gasteiger partial charge in [-0.3, -0.25) is 4.90 Å². The largest absolute Gasteiger partial charge is 0.444 e. The van der Waals surface area contributed by atoms with E-state index in [9.17, 15) is 18.0 Å². The minimum atomic E-state index is -1.24. The van der Waals surface area contributed by atoms with Crippen molar-refractivity contribution in [1.29, 1.82) is 0 Å². The Balaban J connectivity index is 1.60. The van der Waals surface area contributed by atoms with Gasteiger partial charge >= 0.3 is 6.09 Å². The van der Waals surface area contributed by atoms with Gasteiger partial charge in [0.1, 0.15) is 17.0 Å². The van der Waals surface area contributed by atoms with Crippen LogP contribution < -0.4 is 0 Å². The van der Waals surface area contributed by atoms with Crippen molar-refractivity contribution in [3.8, 4) is 0 Å². The van der Waals surface area contributed by atoms with Crippen LogP contribution in [0.3, 0.4) is 0 Å². The van der Waals surface area contributed by atoms with E-state index in [2.05, 4.69) is 0 Å². The second-order valence-corrected chi connectivity index (χ2v) is 7.81. The molecule has 2 atom stereocenters. The van der Waals surface area contributed by atoms with E-state index in [0.29, 0.717) is 25.6 Å². The van der Waals surface area contributed by atoms with E-state index in [1.54, 1.807) is 25.7 Å². The zero-order chi connectivity index (χ0) is 19.1. The Hall–Kier alpha value is -1.80. The first-order chi connectivity index (χ1) is 12.1. The fourth-order valence-corrected chi connectivity index (χ4v) is 3.02. The highest BCUT2D eigenvalue weighted by atomic mass is 19.2. The number of carbonyl (C=O) groups is 1. The van der Waals surface area contributed by atoms with E-state index >= 15 is 0 Å². The van der Waals surface area contributed by atoms with Crippen molar-refractivity contribution in [1.82, 2.24) is 4.90 Å². The minimum Gasteiger partial charge on any atom is -0.444 e. The van der Waals surface area contributed by atoms with Crippen LogP contribution in [-0.2, 0) is 20.8 Å². The first-order valence-electron chi connectivity index (χ1n) is 8.43. The predicted octanol–water partition coefficient (Wildman–Crippen LogP) is 3.40. The van der Waals surface area contributed by atoms with Crippen molar-refractivity contribution >= 4 is 6.09 Å². The first kappa shape index (κ1) is 19.0. The lowest BCUT2D eigenvalue weighted by molar-refractivity contribution is 0.00824. The lowest BCUT2D eigenvalue weighted by atomic mass is 10.1.